The molecule has 4 nitrogen and oxygen atoms in total. The second kappa shape index (κ2) is 7.29. The quantitative estimate of drug-likeness (QED) is 0.812. The van der Waals surface area contributed by atoms with Gasteiger partial charge in [-0.1, -0.05) is 25.0 Å². The topological polar surface area (TPSA) is 64.3 Å². The van der Waals surface area contributed by atoms with Gasteiger partial charge in [0.05, 0.1) is 12.2 Å². The van der Waals surface area contributed by atoms with E-state index in [0.29, 0.717) is 30.7 Å². The maximum atomic E-state index is 12.0. The first-order valence-corrected chi connectivity index (χ1v) is 7.49. The molecular formula is C16H24N2O2. The molecule has 20 heavy (non-hydrogen) atoms. The molecule has 0 radical (unpaired) electrons. The van der Waals surface area contributed by atoms with Gasteiger partial charge in [0, 0.05) is 11.7 Å². The van der Waals surface area contributed by atoms with Gasteiger partial charge in [0.2, 0.25) is 0 Å². The summed E-state index contributed by atoms with van der Waals surface area (Å²) in [6, 6.07) is 7.89. The summed E-state index contributed by atoms with van der Waals surface area (Å²) in [5.41, 5.74) is 7.33. The fourth-order valence-electron chi connectivity index (χ4n) is 2.88. The maximum Gasteiger partial charge on any atom is 0.340 e. The van der Waals surface area contributed by atoms with Crippen LogP contribution in [0.25, 0.3) is 0 Å². The average Bonchev–Trinajstić information content (AvgIpc) is 2.48. The van der Waals surface area contributed by atoms with Crippen LogP contribution in [0.2, 0.25) is 0 Å². The van der Waals surface area contributed by atoms with Gasteiger partial charge in [-0.25, -0.2) is 4.79 Å². The summed E-state index contributed by atoms with van der Waals surface area (Å²) in [4.78, 5) is 12.0. The third-order valence-corrected chi connectivity index (χ3v) is 3.98. The number of esters is 1. The first-order chi connectivity index (χ1) is 9.76. The Kier molecular flexibility index (Phi) is 5.41. The van der Waals surface area contributed by atoms with Crippen molar-refractivity contribution >= 4 is 11.7 Å². The van der Waals surface area contributed by atoms with Gasteiger partial charge in [-0.3, -0.25) is 0 Å². The summed E-state index contributed by atoms with van der Waals surface area (Å²) in [5.74, 6) is 0.217. The molecule has 1 saturated carbocycles. The minimum absolute atomic E-state index is 0.268. The van der Waals surface area contributed by atoms with Gasteiger partial charge in [0.1, 0.15) is 0 Å². The number of nitrogens with two attached hydrogens (primary N) is 1. The van der Waals surface area contributed by atoms with E-state index >= 15 is 0 Å². The fraction of sp³-hybridized carbons (Fsp3) is 0.562. The van der Waals surface area contributed by atoms with E-state index in [2.05, 4.69) is 5.32 Å². The van der Waals surface area contributed by atoms with Crippen LogP contribution < -0.4 is 11.1 Å². The largest absolute Gasteiger partial charge is 0.462 e. The molecule has 0 heterocycles. The number of ether oxygens (including phenoxy) is 1. The number of hydrogen-bond acceptors (Lipinski definition) is 4. The van der Waals surface area contributed by atoms with Gasteiger partial charge in [-0.05, 0) is 44.4 Å². The van der Waals surface area contributed by atoms with Gasteiger partial charge in [-0.2, -0.15) is 0 Å². The van der Waals surface area contributed by atoms with Crippen molar-refractivity contribution in [3.63, 3.8) is 0 Å². The van der Waals surface area contributed by atoms with Crippen molar-refractivity contribution in [2.24, 2.45) is 11.7 Å². The number of benzene rings is 1. The molecule has 0 aliphatic heterocycles. The molecule has 0 saturated heterocycles. The molecule has 1 aromatic carbocycles. The fourth-order valence-corrected chi connectivity index (χ4v) is 2.88. The molecule has 110 valence electrons. The Labute approximate surface area is 120 Å². The van der Waals surface area contributed by atoms with Crippen molar-refractivity contribution in [3.8, 4) is 0 Å². The minimum Gasteiger partial charge on any atom is -0.462 e. The molecule has 2 atom stereocenters. The Bertz CT molecular complexity index is 448. The Morgan fingerprint density at radius 2 is 2.10 bits per heavy atom. The average molecular weight is 276 g/mol. The molecule has 2 unspecified atom stereocenters. The maximum absolute atomic E-state index is 12.0. The third-order valence-electron chi connectivity index (χ3n) is 3.98. The number of carbonyl (C=O) groups is 1. The first-order valence-electron chi connectivity index (χ1n) is 7.49. The smallest absolute Gasteiger partial charge is 0.340 e. The molecule has 1 aliphatic carbocycles. The zero-order valence-corrected chi connectivity index (χ0v) is 12.1. The summed E-state index contributed by atoms with van der Waals surface area (Å²) in [6.45, 7) is 2.90. The molecule has 1 fully saturated rings. The summed E-state index contributed by atoms with van der Waals surface area (Å²) in [7, 11) is 0. The lowest BCUT2D eigenvalue weighted by Gasteiger charge is -2.32. The highest BCUT2D eigenvalue weighted by atomic mass is 16.5. The van der Waals surface area contributed by atoms with Crippen molar-refractivity contribution in [2.75, 3.05) is 18.5 Å². The van der Waals surface area contributed by atoms with E-state index < -0.39 is 0 Å². The first kappa shape index (κ1) is 14.9. The Balaban J connectivity index is 2.13. The molecule has 0 bridgehead atoms. The molecular weight excluding hydrogens is 252 g/mol. The number of hydrogen-bond donors (Lipinski definition) is 2. The molecule has 1 aliphatic rings. The van der Waals surface area contributed by atoms with Crippen LogP contribution in [0.3, 0.4) is 0 Å². The number of carbonyl (C=O) groups excluding carboxylic acids is 1. The lowest BCUT2D eigenvalue weighted by molar-refractivity contribution is 0.0527. The van der Waals surface area contributed by atoms with Gasteiger partial charge in [0.15, 0.2) is 0 Å². The van der Waals surface area contributed by atoms with Crippen LogP contribution in [0, 0.1) is 5.92 Å². The molecule has 2 rings (SSSR count). The number of para-hydroxylation sites is 1. The predicted molar refractivity (Wildman–Crippen MR) is 80.8 cm³/mol. The van der Waals surface area contributed by atoms with E-state index in [9.17, 15) is 4.79 Å². The van der Waals surface area contributed by atoms with E-state index in [1.807, 2.05) is 25.1 Å². The zero-order valence-electron chi connectivity index (χ0n) is 12.1. The van der Waals surface area contributed by atoms with E-state index in [4.69, 9.17) is 10.5 Å². The number of nitrogens with one attached hydrogen (secondary N) is 1. The second-order valence-electron chi connectivity index (χ2n) is 5.30. The lowest BCUT2D eigenvalue weighted by Crippen LogP contribution is -2.37. The van der Waals surface area contributed by atoms with Gasteiger partial charge in [-0.15, -0.1) is 0 Å². The molecule has 3 N–H and O–H groups in total. The Hall–Kier alpha value is -1.55. The minimum atomic E-state index is -0.268. The highest BCUT2D eigenvalue weighted by Crippen LogP contribution is 2.28. The SMILES string of the molecule is CCOC(=O)c1ccccc1NC1CCCCC1CN. The molecule has 1 aromatic rings. The van der Waals surface area contributed by atoms with Crippen LogP contribution in [-0.2, 0) is 4.74 Å². The van der Waals surface area contributed by atoms with Crippen molar-refractivity contribution in [3.05, 3.63) is 29.8 Å². The van der Waals surface area contributed by atoms with Crippen LogP contribution in [0.15, 0.2) is 24.3 Å². The van der Waals surface area contributed by atoms with Crippen molar-refractivity contribution in [2.45, 2.75) is 38.6 Å². The Morgan fingerprint density at radius 1 is 1.35 bits per heavy atom. The Morgan fingerprint density at radius 3 is 2.85 bits per heavy atom. The van der Waals surface area contributed by atoms with E-state index in [1.54, 1.807) is 6.07 Å². The number of rotatable bonds is 5. The zero-order chi connectivity index (χ0) is 14.4. The van der Waals surface area contributed by atoms with E-state index in [-0.39, 0.29) is 5.97 Å². The van der Waals surface area contributed by atoms with Crippen LogP contribution in [-0.4, -0.2) is 25.2 Å². The monoisotopic (exact) mass is 276 g/mol. The third kappa shape index (κ3) is 3.51. The van der Waals surface area contributed by atoms with E-state index in [0.717, 1.165) is 18.5 Å². The molecule has 0 amide bonds. The molecule has 0 aromatic heterocycles. The molecule has 0 spiro atoms. The van der Waals surface area contributed by atoms with Crippen molar-refractivity contribution < 1.29 is 9.53 Å². The van der Waals surface area contributed by atoms with Crippen molar-refractivity contribution in [1.29, 1.82) is 0 Å². The summed E-state index contributed by atoms with van der Waals surface area (Å²) < 4.78 is 5.11. The predicted octanol–water partition coefficient (Wildman–Crippen LogP) is 2.79. The lowest BCUT2D eigenvalue weighted by atomic mass is 9.84. The summed E-state index contributed by atoms with van der Waals surface area (Å²) >= 11 is 0. The number of anilines is 1. The van der Waals surface area contributed by atoms with Gasteiger partial charge >= 0.3 is 5.97 Å². The summed E-state index contributed by atoms with van der Waals surface area (Å²) in [6.07, 6.45) is 4.74. The van der Waals surface area contributed by atoms with Gasteiger partial charge in [0.25, 0.3) is 0 Å². The standard InChI is InChI=1S/C16H24N2O2/c1-2-20-16(19)13-8-4-6-10-15(13)18-14-9-5-3-7-12(14)11-17/h4,6,8,10,12,14,18H,2-3,5,7,9,11,17H2,1H3. The highest BCUT2D eigenvalue weighted by Gasteiger charge is 2.25. The molecule has 4 heteroatoms. The highest BCUT2D eigenvalue weighted by molar-refractivity contribution is 5.95. The normalized spacial score (nSPS) is 22.3. The van der Waals surface area contributed by atoms with Crippen LogP contribution >= 0.6 is 0 Å². The second-order valence-corrected chi connectivity index (χ2v) is 5.30. The van der Waals surface area contributed by atoms with Crippen LogP contribution in [0.4, 0.5) is 5.69 Å². The van der Waals surface area contributed by atoms with Crippen molar-refractivity contribution in [1.82, 2.24) is 0 Å². The van der Waals surface area contributed by atoms with Gasteiger partial charge < -0.3 is 15.8 Å². The van der Waals surface area contributed by atoms with Crippen LogP contribution in [0.1, 0.15) is 43.0 Å². The van der Waals surface area contributed by atoms with Crippen LogP contribution in [0.5, 0.6) is 0 Å². The van der Waals surface area contributed by atoms with E-state index in [1.165, 1.54) is 12.8 Å². The summed E-state index contributed by atoms with van der Waals surface area (Å²) in [5, 5.41) is 3.51.